The molecular formula is C18H17N3O. The van der Waals surface area contributed by atoms with Gasteiger partial charge < -0.3 is 5.32 Å². The van der Waals surface area contributed by atoms with E-state index in [4.69, 9.17) is 0 Å². The van der Waals surface area contributed by atoms with Crippen molar-refractivity contribution < 1.29 is 4.79 Å². The molecule has 0 bridgehead atoms. The van der Waals surface area contributed by atoms with E-state index >= 15 is 0 Å². The van der Waals surface area contributed by atoms with Crippen LogP contribution in [0.5, 0.6) is 0 Å². The maximum absolute atomic E-state index is 12.0. The Morgan fingerprint density at radius 2 is 1.64 bits per heavy atom. The maximum atomic E-state index is 12.0. The highest BCUT2D eigenvalue weighted by Gasteiger charge is 2.04. The summed E-state index contributed by atoms with van der Waals surface area (Å²) < 4.78 is 0. The molecular weight excluding hydrogens is 274 g/mol. The number of hydrogen-bond acceptors (Lipinski definition) is 3. The molecule has 110 valence electrons. The first-order valence-electron chi connectivity index (χ1n) is 7.22. The van der Waals surface area contributed by atoms with Gasteiger partial charge in [0.05, 0.1) is 17.5 Å². The Morgan fingerprint density at radius 3 is 2.41 bits per heavy atom. The molecule has 1 aromatic heterocycles. The van der Waals surface area contributed by atoms with E-state index in [0.717, 1.165) is 22.2 Å². The molecule has 2 aromatic carbocycles. The molecule has 0 fully saturated rings. The molecule has 0 saturated heterocycles. The Balaban J connectivity index is 1.60. The van der Waals surface area contributed by atoms with Gasteiger partial charge in [-0.15, -0.1) is 0 Å². The van der Waals surface area contributed by atoms with Crippen LogP contribution in [-0.4, -0.2) is 15.9 Å². The fourth-order valence-electron chi connectivity index (χ4n) is 2.27. The smallest absolute Gasteiger partial charge is 0.224 e. The zero-order chi connectivity index (χ0) is 15.4. The predicted molar refractivity (Wildman–Crippen MR) is 86.3 cm³/mol. The summed E-state index contributed by atoms with van der Waals surface area (Å²) in [5.74, 6) is 0.0168. The van der Waals surface area contributed by atoms with Crippen LogP contribution in [0.4, 0.5) is 0 Å². The van der Waals surface area contributed by atoms with Crippen LogP contribution in [0, 0.1) is 6.92 Å². The fourth-order valence-corrected chi connectivity index (χ4v) is 2.27. The number of nitrogens with one attached hydrogen (secondary N) is 1. The zero-order valence-electron chi connectivity index (χ0n) is 12.4. The van der Waals surface area contributed by atoms with E-state index in [-0.39, 0.29) is 5.91 Å². The third-order valence-corrected chi connectivity index (χ3v) is 3.51. The lowest BCUT2D eigenvalue weighted by molar-refractivity contribution is -0.120. The summed E-state index contributed by atoms with van der Waals surface area (Å²) in [6.07, 6.45) is 3.74. The number of fused-ring (bicyclic) bond motifs is 1. The van der Waals surface area contributed by atoms with Crippen LogP contribution in [-0.2, 0) is 17.8 Å². The molecule has 0 saturated carbocycles. The van der Waals surface area contributed by atoms with Gasteiger partial charge in [0.15, 0.2) is 0 Å². The zero-order valence-corrected chi connectivity index (χ0v) is 12.4. The van der Waals surface area contributed by atoms with E-state index in [1.807, 2.05) is 49.4 Å². The topological polar surface area (TPSA) is 54.9 Å². The number of nitrogens with zero attached hydrogens (tertiary/aromatic N) is 2. The summed E-state index contributed by atoms with van der Waals surface area (Å²) in [5.41, 5.74) is 4.93. The highest BCUT2D eigenvalue weighted by molar-refractivity contribution is 5.79. The first-order chi connectivity index (χ1) is 10.7. The number of rotatable bonds is 4. The monoisotopic (exact) mass is 291 g/mol. The van der Waals surface area contributed by atoms with Crippen LogP contribution in [0.15, 0.2) is 54.9 Å². The van der Waals surface area contributed by atoms with Crippen molar-refractivity contribution in [3.8, 4) is 0 Å². The Labute approximate surface area is 129 Å². The number of hydrogen-bond donors (Lipinski definition) is 1. The Bertz CT molecular complexity index is 797. The van der Waals surface area contributed by atoms with Gasteiger partial charge in [-0.3, -0.25) is 14.8 Å². The van der Waals surface area contributed by atoms with E-state index in [2.05, 4.69) is 15.3 Å². The van der Waals surface area contributed by atoms with Crippen molar-refractivity contribution in [1.82, 2.24) is 15.3 Å². The van der Waals surface area contributed by atoms with Crippen molar-refractivity contribution in [3.05, 3.63) is 71.5 Å². The highest BCUT2D eigenvalue weighted by Crippen LogP contribution is 2.11. The molecule has 0 unspecified atom stereocenters. The lowest BCUT2D eigenvalue weighted by Crippen LogP contribution is -2.24. The number of aromatic nitrogens is 2. The lowest BCUT2D eigenvalue weighted by atomic mass is 10.1. The van der Waals surface area contributed by atoms with E-state index in [1.165, 1.54) is 5.56 Å². The maximum Gasteiger partial charge on any atom is 0.224 e. The van der Waals surface area contributed by atoms with Crippen molar-refractivity contribution in [2.45, 2.75) is 19.9 Å². The van der Waals surface area contributed by atoms with Gasteiger partial charge in [0.1, 0.15) is 0 Å². The Morgan fingerprint density at radius 1 is 0.955 bits per heavy atom. The predicted octanol–water partition coefficient (Wildman–Crippen LogP) is 2.80. The first-order valence-corrected chi connectivity index (χ1v) is 7.22. The van der Waals surface area contributed by atoms with Crippen LogP contribution in [0.1, 0.15) is 16.7 Å². The molecule has 4 nitrogen and oxygen atoms in total. The molecule has 0 spiro atoms. The van der Waals surface area contributed by atoms with Gasteiger partial charge in [-0.2, -0.15) is 0 Å². The van der Waals surface area contributed by atoms with Crippen LogP contribution in [0.3, 0.4) is 0 Å². The van der Waals surface area contributed by atoms with Crippen molar-refractivity contribution in [2.75, 3.05) is 0 Å². The van der Waals surface area contributed by atoms with Crippen LogP contribution >= 0.6 is 0 Å². The molecule has 1 heterocycles. The molecule has 0 aliphatic carbocycles. The molecule has 0 atom stereocenters. The van der Waals surface area contributed by atoms with E-state index < -0.39 is 0 Å². The summed E-state index contributed by atoms with van der Waals surface area (Å²) in [6, 6.07) is 13.8. The van der Waals surface area contributed by atoms with Crippen molar-refractivity contribution in [1.29, 1.82) is 0 Å². The first kappa shape index (κ1) is 14.2. The minimum absolute atomic E-state index is 0.0168. The highest BCUT2D eigenvalue weighted by atomic mass is 16.1. The second-order valence-electron chi connectivity index (χ2n) is 5.32. The summed E-state index contributed by atoms with van der Waals surface area (Å²) in [5, 5.41) is 2.94. The summed E-state index contributed by atoms with van der Waals surface area (Å²) in [6.45, 7) is 2.53. The summed E-state index contributed by atoms with van der Waals surface area (Å²) in [4.78, 5) is 20.5. The average Bonchev–Trinajstić information content (AvgIpc) is 2.55. The minimum atomic E-state index is 0.0168. The summed E-state index contributed by atoms with van der Waals surface area (Å²) >= 11 is 0. The van der Waals surface area contributed by atoms with Gasteiger partial charge >= 0.3 is 0 Å². The molecule has 1 amide bonds. The van der Waals surface area contributed by atoms with Crippen molar-refractivity contribution in [3.63, 3.8) is 0 Å². The second kappa shape index (κ2) is 6.35. The Hall–Kier alpha value is -2.75. The molecule has 4 heteroatoms. The lowest BCUT2D eigenvalue weighted by Gasteiger charge is -2.06. The third kappa shape index (κ3) is 3.47. The standard InChI is InChI=1S/C18H17N3O/c1-13-2-4-14(5-3-13)11-18(22)21-12-15-6-7-16-17(10-15)20-9-8-19-16/h2-10H,11-12H2,1H3,(H,21,22). The third-order valence-electron chi connectivity index (χ3n) is 3.51. The van der Waals surface area contributed by atoms with Gasteiger partial charge in [-0.1, -0.05) is 35.9 Å². The van der Waals surface area contributed by atoms with Crippen LogP contribution in [0.2, 0.25) is 0 Å². The van der Waals surface area contributed by atoms with Crippen molar-refractivity contribution in [2.24, 2.45) is 0 Å². The quantitative estimate of drug-likeness (QED) is 0.804. The normalized spacial score (nSPS) is 10.6. The number of aryl methyl sites for hydroxylation is 1. The van der Waals surface area contributed by atoms with Gasteiger partial charge in [0.25, 0.3) is 0 Å². The molecule has 0 radical (unpaired) electrons. The number of amides is 1. The van der Waals surface area contributed by atoms with E-state index in [9.17, 15) is 4.79 Å². The van der Waals surface area contributed by atoms with Crippen molar-refractivity contribution >= 4 is 16.9 Å². The molecule has 3 aromatic rings. The second-order valence-corrected chi connectivity index (χ2v) is 5.32. The van der Waals surface area contributed by atoms with E-state index in [0.29, 0.717) is 13.0 Å². The van der Waals surface area contributed by atoms with Crippen LogP contribution < -0.4 is 5.32 Å². The van der Waals surface area contributed by atoms with E-state index in [1.54, 1.807) is 12.4 Å². The average molecular weight is 291 g/mol. The van der Waals surface area contributed by atoms with Gasteiger partial charge in [-0.25, -0.2) is 0 Å². The van der Waals surface area contributed by atoms with Crippen LogP contribution in [0.25, 0.3) is 11.0 Å². The molecule has 1 N–H and O–H groups in total. The number of benzene rings is 2. The van der Waals surface area contributed by atoms with Gasteiger partial charge in [0, 0.05) is 18.9 Å². The largest absolute Gasteiger partial charge is 0.352 e. The number of carbonyl (C=O) groups excluding carboxylic acids is 1. The molecule has 3 rings (SSSR count). The minimum Gasteiger partial charge on any atom is -0.352 e. The van der Waals surface area contributed by atoms with Gasteiger partial charge in [-0.05, 0) is 30.2 Å². The molecule has 0 aliphatic rings. The molecule has 22 heavy (non-hydrogen) atoms. The fraction of sp³-hybridized carbons (Fsp3) is 0.167. The van der Waals surface area contributed by atoms with Gasteiger partial charge in [0.2, 0.25) is 5.91 Å². The number of carbonyl (C=O) groups is 1. The Kier molecular flexibility index (Phi) is 4.10. The SMILES string of the molecule is Cc1ccc(CC(=O)NCc2ccc3nccnc3c2)cc1. The molecule has 0 aliphatic heterocycles. The summed E-state index contributed by atoms with van der Waals surface area (Å²) in [7, 11) is 0.